The van der Waals surface area contributed by atoms with Crippen molar-refractivity contribution < 1.29 is 75.0 Å². The quantitative estimate of drug-likeness (QED) is 0.403. The average Bonchev–Trinajstić information content (AvgIpc) is 2.20. The Morgan fingerprint density at radius 1 is 0.385 bits per heavy atom. The van der Waals surface area contributed by atoms with Gasteiger partial charge in [0, 0.05) is 0 Å². The molecule has 0 heterocycles. The number of halogens is 2. The Kier molecular flexibility index (Phi) is 283000. The van der Waals surface area contributed by atoms with Crippen LogP contribution >= 0.6 is 0 Å². The minimum Gasteiger partial charge on any atom is -1.00 e. The van der Waals surface area contributed by atoms with Crippen molar-refractivity contribution in [2.24, 2.45) is 0 Å². The zero-order valence-electron chi connectivity index (χ0n) is 5.68. The second-order valence-corrected chi connectivity index (χ2v) is 0. The zero-order chi connectivity index (χ0) is 10.0. The molecule has 0 amide bonds. The molecule has 0 aliphatic rings. The molecule has 0 aromatic carbocycles. The van der Waals surface area contributed by atoms with Crippen LogP contribution in [0.4, 0.5) is 0 Å². The minimum atomic E-state index is 0. The van der Waals surface area contributed by atoms with Gasteiger partial charge in [0.05, 0.1) is 0 Å². The largest absolute Gasteiger partial charge is 2.00 e. The second-order valence-electron chi connectivity index (χ2n) is 0. The summed E-state index contributed by atoms with van der Waals surface area (Å²) < 4.78 is 0. The number of hydrogen-bond acceptors (Lipinski definition) is 5. The molecule has 0 atom stereocenters. The molecule has 0 rings (SSSR count). The van der Waals surface area contributed by atoms with E-state index in [1.165, 1.54) is 0 Å². The number of rotatable bonds is 0. The van der Waals surface area contributed by atoms with Gasteiger partial charge in [0.2, 0.25) is 0 Å². The maximum absolute atomic E-state index is 7.50. The molecule has 5 nitrogen and oxygen atoms in total. The van der Waals surface area contributed by atoms with E-state index in [0.717, 1.165) is 0 Å². The van der Waals surface area contributed by atoms with Crippen molar-refractivity contribution in [3.63, 3.8) is 0 Å². The van der Waals surface area contributed by atoms with E-state index >= 15 is 0 Å². The van der Waals surface area contributed by atoms with E-state index in [4.69, 9.17) is 24.0 Å². The molecule has 11 radical (unpaired) electrons. The van der Waals surface area contributed by atoms with E-state index in [0.29, 0.717) is 0 Å². The van der Waals surface area contributed by atoms with Gasteiger partial charge in [0.25, 0.3) is 33.9 Å². The molecule has 0 aliphatic carbocycles. The first-order valence-corrected chi connectivity index (χ1v) is 1.02. The number of carbonyl (C=O) groups excluding carboxylic acids is 5. The molecule has 0 aromatic heterocycles. The van der Waals surface area contributed by atoms with Crippen LogP contribution < -0.4 is 34.0 Å². The summed E-state index contributed by atoms with van der Waals surface area (Å²) in [6.07, 6.45) is 0. The van der Waals surface area contributed by atoms with Crippen molar-refractivity contribution >= 4 is 33.9 Å². The molecule has 0 spiro atoms. The predicted molar refractivity (Wildman–Crippen MR) is 28.5 cm³/mol. The monoisotopic (exact) mass is 353 g/mol. The Morgan fingerprint density at radius 2 is 0.385 bits per heavy atom. The molecule has 13 heavy (non-hydrogen) atoms. The topological polar surface area (TPSA) is 85.3 Å². The Labute approximate surface area is 109 Å². The third-order valence-corrected chi connectivity index (χ3v) is 0. The van der Waals surface area contributed by atoms with Crippen LogP contribution in [-0.4, -0.2) is 33.9 Å². The summed E-state index contributed by atoms with van der Waals surface area (Å²) >= 11 is 0. The molecule has 0 aromatic rings. The fourth-order valence-electron chi connectivity index (χ4n) is 0. The normalized spacial score (nSPS) is 1.54. The third kappa shape index (κ3) is 39300. The molecule has 71 valence electrons. The zero-order valence-corrected chi connectivity index (χ0v) is 10.0. The summed E-state index contributed by atoms with van der Waals surface area (Å²) in [5, 5.41) is 0. The first-order chi connectivity index (χ1) is 5.00. The van der Waals surface area contributed by atoms with Crippen molar-refractivity contribution in [2.45, 2.75) is 0 Å². The van der Waals surface area contributed by atoms with Gasteiger partial charge < -0.3 is 34.0 Å². The first-order valence-electron chi connectivity index (χ1n) is 1.02. The third-order valence-electron chi connectivity index (χ3n) is 0. The molecule has 0 aliphatic heterocycles. The van der Waals surface area contributed by atoms with Crippen molar-refractivity contribution in [1.82, 2.24) is 0 Å². The second kappa shape index (κ2) is 47700. The van der Waals surface area contributed by atoms with E-state index in [1.54, 1.807) is 0 Å². The van der Waals surface area contributed by atoms with Crippen LogP contribution in [0.5, 0.6) is 0 Å². The maximum Gasteiger partial charge on any atom is 2.00 e. The molecular weight excluding hydrogens is 355 g/mol. The molecule has 0 N–H and O–H groups in total. The molecule has 0 bridgehead atoms. The first kappa shape index (κ1) is 77.0. The van der Waals surface area contributed by atoms with Gasteiger partial charge in [-0.25, -0.2) is 0 Å². The SMILES string of the molecule is [Br-].[Br-].[C]=O.[C]=O.[C]=O.[C]=O.[C]=O.[Mn+2]. The smallest absolute Gasteiger partial charge is 1.00 e. The van der Waals surface area contributed by atoms with Crippen molar-refractivity contribution in [1.29, 1.82) is 0 Å². The van der Waals surface area contributed by atoms with Crippen LogP contribution in [0.1, 0.15) is 0 Å². The fraction of sp³-hybridized carbons (Fsp3) is 0. The summed E-state index contributed by atoms with van der Waals surface area (Å²) in [6, 6.07) is 0. The van der Waals surface area contributed by atoms with Gasteiger partial charge in [0.15, 0.2) is 0 Å². The van der Waals surface area contributed by atoms with Crippen molar-refractivity contribution in [2.75, 3.05) is 0 Å². The molecule has 0 saturated carbocycles. The van der Waals surface area contributed by atoms with Crippen LogP contribution in [-0.2, 0) is 41.0 Å². The number of hydrogen-bond donors (Lipinski definition) is 0. The van der Waals surface area contributed by atoms with Crippen LogP contribution in [0.15, 0.2) is 0 Å². The summed E-state index contributed by atoms with van der Waals surface area (Å²) in [4.78, 5) is 37.5. The van der Waals surface area contributed by atoms with Gasteiger partial charge in [0.1, 0.15) is 0 Å². The summed E-state index contributed by atoms with van der Waals surface area (Å²) in [5.41, 5.74) is 0. The van der Waals surface area contributed by atoms with E-state index in [1.807, 2.05) is 0 Å². The molecule has 8 heteroatoms. The average molecular weight is 355 g/mol. The van der Waals surface area contributed by atoms with Crippen LogP contribution in [0.2, 0.25) is 0 Å². The van der Waals surface area contributed by atoms with Crippen molar-refractivity contribution in [3.8, 4) is 0 Å². The maximum atomic E-state index is 7.50. The fourth-order valence-corrected chi connectivity index (χ4v) is 0. The van der Waals surface area contributed by atoms with Crippen molar-refractivity contribution in [3.05, 3.63) is 0 Å². The molecule has 0 fully saturated rings. The van der Waals surface area contributed by atoms with Gasteiger partial charge in [-0.2, -0.15) is 0 Å². The van der Waals surface area contributed by atoms with E-state index < -0.39 is 0 Å². The van der Waals surface area contributed by atoms with E-state index in [2.05, 4.69) is 33.9 Å². The van der Waals surface area contributed by atoms with Crippen LogP contribution in [0, 0.1) is 0 Å². The van der Waals surface area contributed by atoms with Gasteiger partial charge in [-0.1, -0.05) is 0 Å². The van der Waals surface area contributed by atoms with Gasteiger partial charge >= 0.3 is 17.1 Å². The standard InChI is InChI=1S/5CO.2BrH.Mn/c5*1-2;;;/h;;;;;2*1H;/q;;;;;;;+2/p-2. The Hall–Kier alpha value is -0.171. The van der Waals surface area contributed by atoms with E-state index in [9.17, 15) is 0 Å². The Bertz CT molecular complexity index is 34.5. The summed E-state index contributed by atoms with van der Waals surface area (Å²) in [7, 11) is 0. The van der Waals surface area contributed by atoms with Gasteiger partial charge in [-0.15, -0.1) is 0 Å². The Balaban J connectivity index is -0.00000000379. The van der Waals surface area contributed by atoms with Crippen LogP contribution in [0.25, 0.3) is 0 Å². The minimum absolute atomic E-state index is 0. The predicted octanol–water partition coefficient (Wildman–Crippen LogP) is -7.98. The van der Waals surface area contributed by atoms with Gasteiger partial charge in [-0.05, 0) is 0 Å². The summed E-state index contributed by atoms with van der Waals surface area (Å²) in [5.74, 6) is 0. The van der Waals surface area contributed by atoms with E-state index in [-0.39, 0.29) is 51.0 Å². The Morgan fingerprint density at radius 3 is 0.385 bits per heavy atom. The molecule has 0 saturated heterocycles. The molecule has 0 unspecified atom stereocenters. The van der Waals surface area contributed by atoms with Gasteiger partial charge in [-0.3, -0.25) is 24.0 Å². The summed E-state index contributed by atoms with van der Waals surface area (Å²) in [6.45, 7) is 22.5. The van der Waals surface area contributed by atoms with Crippen LogP contribution in [0.3, 0.4) is 0 Å². The molecular formula is C5Br2MnO5.